The summed E-state index contributed by atoms with van der Waals surface area (Å²) in [7, 11) is 0. The topological polar surface area (TPSA) is 18.5 Å². The van der Waals surface area contributed by atoms with Gasteiger partial charge < -0.3 is 9.47 Å². The predicted octanol–water partition coefficient (Wildman–Crippen LogP) is 2.00. The van der Waals surface area contributed by atoms with Crippen molar-refractivity contribution in [2.24, 2.45) is 0 Å². The van der Waals surface area contributed by atoms with E-state index in [1.165, 1.54) is 0 Å². The molecule has 2 nitrogen and oxygen atoms in total. The molecule has 0 amide bonds. The van der Waals surface area contributed by atoms with Crippen molar-refractivity contribution in [3.05, 3.63) is 12.2 Å². The number of hydrogen-bond acceptors (Lipinski definition) is 2. The van der Waals surface area contributed by atoms with Crippen molar-refractivity contribution in [2.45, 2.75) is 26.9 Å². The summed E-state index contributed by atoms with van der Waals surface area (Å²) in [4.78, 5) is 0. The summed E-state index contributed by atoms with van der Waals surface area (Å²) in [6.07, 6.45) is 4.27. The monoisotopic (exact) mass is 158 g/mol. The summed E-state index contributed by atoms with van der Waals surface area (Å²) in [6.45, 7) is 8.18. The maximum Gasteiger partial charge on any atom is 0.0651 e. The van der Waals surface area contributed by atoms with Crippen LogP contribution in [0.1, 0.15) is 20.8 Å². The Balaban J connectivity index is 3.03. The minimum atomic E-state index is 0.312. The second-order valence-electron chi connectivity index (χ2n) is 2.51. The molecule has 0 fully saturated rings. The van der Waals surface area contributed by atoms with Gasteiger partial charge >= 0.3 is 0 Å². The quantitative estimate of drug-likeness (QED) is 0.435. The van der Waals surface area contributed by atoms with Gasteiger partial charge in [-0.15, -0.1) is 0 Å². The number of rotatable bonds is 6. The van der Waals surface area contributed by atoms with E-state index in [0.29, 0.717) is 19.3 Å². The highest BCUT2D eigenvalue weighted by molar-refractivity contribution is 4.81. The van der Waals surface area contributed by atoms with Crippen molar-refractivity contribution in [2.75, 3.05) is 19.8 Å². The van der Waals surface area contributed by atoms with Crippen LogP contribution in [0.4, 0.5) is 0 Å². The first-order chi connectivity index (χ1) is 5.27. The average molecular weight is 158 g/mol. The molecular formula is C9H18O2. The molecule has 2 heteroatoms. The molecule has 0 rings (SSSR count). The Hall–Kier alpha value is -0.340. The van der Waals surface area contributed by atoms with Crippen molar-refractivity contribution in [3.63, 3.8) is 0 Å². The molecule has 0 N–H and O–H groups in total. The minimum absolute atomic E-state index is 0.312. The molecular weight excluding hydrogens is 140 g/mol. The molecule has 0 unspecified atom stereocenters. The fourth-order valence-electron chi connectivity index (χ4n) is 0.570. The fourth-order valence-corrected chi connectivity index (χ4v) is 0.570. The van der Waals surface area contributed by atoms with Crippen molar-refractivity contribution >= 4 is 0 Å². The summed E-state index contributed by atoms with van der Waals surface area (Å²) in [6, 6.07) is 0. The van der Waals surface area contributed by atoms with Crippen molar-refractivity contribution < 1.29 is 9.47 Å². The molecule has 0 radical (unpaired) electrons. The van der Waals surface area contributed by atoms with E-state index < -0.39 is 0 Å². The van der Waals surface area contributed by atoms with E-state index in [1.54, 1.807) is 0 Å². The molecule has 0 aromatic rings. The predicted molar refractivity (Wildman–Crippen MR) is 46.7 cm³/mol. The Morgan fingerprint density at radius 3 is 2.36 bits per heavy atom. The first-order valence-corrected chi connectivity index (χ1v) is 4.11. The van der Waals surface area contributed by atoms with Crippen LogP contribution in [0.2, 0.25) is 0 Å². The average Bonchev–Trinajstić information content (AvgIpc) is 1.96. The second kappa shape index (κ2) is 7.76. The molecule has 0 saturated carbocycles. The van der Waals surface area contributed by atoms with Crippen LogP contribution >= 0.6 is 0 Å². The van der Waals surface area contributed by atoms with Gasteiger partial charge in [-0.3, -0.25) is 0 Å². The lowest BCUT2D eigenvalue weighted by atomic mass is 10.5. The molecule has 0 heterocycles. The van der Waals surface area contributed by atoms with E-state index in [2.05, 4.69) is 0 Å². The largest absolute Gasteiger partial charge is 0.378 e. The SMILES string of the molecule is CCOC/C=C/COC(C)C. The van der Waals surface area contributed by atoms with Crippen LogP contribution in [0.25, 0.3) is 0 Å². The van der Waals surface area contributed by atoms with Crippen molar-refractivity contribution in [3.8, 4) is 0 Å². The molecule has 0 bridgehead atoms. The standard InChI is InChI=1S/C9H18O2/c1-4-10-7-5-6-8-11-9(2)3/h5-6,9H,4,7-8H2,1-3H3/b6-5+. The highest BCUT2D eigenvalue weighted by atomic mass is 16.5. The van der Waals surface area contributed by atoms with Crippen LogP contribution in [0.15, 0.2) is 12.2 Å². The molecule has 11 heavy (non-hydrogen) atoms. The van der Waals surface area contributed by atoms with Gasteiger partial charge in [-0.1, -0.05) is 12.2 Å². The van der Waals surface area contributed by atoms with E-state index in [-0.39, 0.29) is 0 Å². The van der Waals surface area contributed by atoms with E-state index in [1.807, 2.05) is 32.9 Å². The normalized spacial score (nSPS) is 11.6. The summed E-state index contributed by atoms with van der Waals surface area (Å²) >= 11 is 0. The summed E-state index contributed by atoms with van der Waals surface area (Å²) in [5.41, 5.74) is 0. The van der Waals surface area contributed by atoms with Gasteiger partial charge in [0.25, 0.3) is 0 Å². The van der Waals surface area contributed by atoms with Gasteiger partial charge in [0, 0.05) is 6.61 Å². The van der Waals surface area contributed by atoms with E-state index in [4.69, 9.17) is 9.47 Å². The Labute approximate surface area is 69.2 Å². The Morgan fingerprint density at radius 1 is 1.18 bits per heavy atom. The van der Waals surface area contributed by atoms with E-state index in [0.717, 1.165) is 6.61 Å². The molecule has 0 saturated heterocycles. The number of hydrogen-bond donors (Lipinski definition) is 0. The van der Waals surface area contributed by atoms with Crippen molar-refractivity contribution in [1.29, 1.82) is 0 Å². The number of ether oxygens (including phenoxy) is 2. The van der Waals surface area contributed by atoms with Gasteiger partial charge in [0.2, 0.25) is 0 Å². The van der Waals surface area contributed by atoms with Crippen LogP contribution in [-0.2, 0) is 9.47 Å². The maximum atomic E-state index is 5.28. The minimum Gasteiger partial charge on any atom is -0.378 e. The van der Waals surface area contributed by atoms with Crippen LogP contribution in [0.5, 0.6) is 0 Å². The smallest absolute Gasteiger partial charge is 0.0651 e. The lowest BCUT2D eigenvalue weighted by Gasteiger charge is -2.02. The second-order valence-corrected chi connectivity index (χ2v) is 2.51. The van der Waals surface area contributed by atoms with E-state index >= 15 is 0 Å². The molecule has 0 aliphatic rings. The molecule has 0 spiro atoms. The maximum absolute atomic E-state index is 5.28. The molecule has 0 aliphatic heterocycles. The van der Waals surface area contributed by atoms with Gasteiger partial charge in [-0.2, -0.15) is 0 Å². The van der Waals surface area contributed by atoms with Crippen LogP contribution in [-0.4, -0.2) is 25.9 Å². The third kappa shape index (κ3) is 9.66. The molecule has 66 valence electrons. The zero-order valence-electron chi connectivity index (χ0n) is 7.67. The first kappa shape index (κ1) is 10.7. The zero-order valence-corrected chi connectivity index (χ0v) is 7.67. The van der Waals surface area contributed by atoms with Gasteiger partial charge in [-0.05, 0) is 20.8 Å². The summed E-state index contributed by atoms with van der Waals surface area (Å²) < 4.78 is 10.4. The lowest BCUT2D eigenvalue weighted by Crippen LogP contribution is -2.01. The van der Waals surface area contributed by atoms with Gasteiger partial charge in [0.1, 0.15) is 0 Å². The highest BCUT2D eigenvalue weighted by Gasteiger charge is 1.87. The molecule has 0 atom stereocenters. The van der Waals surface area contributed by atoms with Gasteiger partial charge in [0.15, 0.2) is 0 Å². The third-order valence-electron chi connectivity index (χ3n) is 1.11. The van der Waals surface area contributed by atoms with Gasteiger partial charge in [0.05, 0.1) is 19.3 Å². The Morgan fingerprint density at radius 2 is 1.82 bits per heavy atom. The Bertz CT molecular complexity index is 97.7. The third-order valence-corrected chi connectivity index (χ3v) is 1.11. The van der Waals surface area contributed by atoms with Crippen LogP contribution in [0, 0.1) is 0 Å². The van der Waals surface area contributed by atoms with Crippen LogP contribution < -0.4 is 0 Å². The lowest BCUT2D eigenvalue weighted by molar-refractivity contribution is 0.102. The summed E-state index contributed by atoms with van der Waals surface area (Å²) in [5.74, 6) is 0. The molecule has 0 aliphatic carbocycles. The first-order valence-electron chi connectivity index (χ1n) is 4.11. The fraction of sp³-hybridized carbons (Fsp3) is 0.778. The Kier molecular flexibility index (Phi) is 7.52. The van der Waals surface area contributed by atoms with Gasteiger partial charge in [-0.25, -0.2) is 0 Å². The van der Waals surface area contributed by atoms with Crippen molar-refractivity contribution in [1.82, 2.24) is 0 Å². The highest BCUT2D eigenvalue weighted by Crippen LogP contribution is 1.87. The molecule has 0 aromatic carbocycles. The van der Waals surface area contributed by atoms with E-state index in [9.17, 15) is 0 Å². The van der Waals surface area contributed by atoms with Crippen LogP contribution in [0.3, 0.4) is 0 Å². The zero-order chi connectivity index (χ0) is 8.53. The molecule has 0 aromatic heterocycles. The summed E-state index contributed by atoms with van der Waals surface area (Å²) in [5, 5.41) is 0.